The number of aromatic amines is 1. The monoisotopic (exact) mass is 335 g/mol. The Kier molecular flexibility index (Phi) is 5.09. The number of para-hydroxylation sites is 1. The van der Waals surface area contributed by atoms with Crippen LogP contribution >= 0.6 is 0 Å². The van der Waals surface area contributed by atoms with Crippen molar-refractivity contribution in [2.45, 2.75) is 13.3 Å². The summed E-state index contributed by atoms with van der Waals surface area (Å²) in [4.78, 5) is 23.9. The van der Waals surface area contributed by atoms with Crippen molar-refractivity contribution in [3.8, 4) is 0 Å². The third-order valence-electron chi connectivity index (χ3n) is 3.85. The minimum atomic E-state index is -0.231. The van der Waals surface area contributed by atoms with E-state index in [2.05, 4.69) is 44.3 Å². The Labute approximate surface area is 146 Å². The normalized spacial score (nSPS) is 10.6. The molecule has 2 aromatic heterocycles. The Morgan fingerprint density at radius 3 is 3.00 bits per heavy atom. The molecule has 0 saturated heterocycles. The zero-order chi connectivity index (χ0) is 17.6. The largest absolute Gasteiger partial charge is 0.361 e. The molecule has 0 atom stereocenters. The summed E-state index contributed by atoms with van der Waals surface area (Å²) < 4.78 is 0. The average molecular weight is 335 g/mol. The summed E-state index contributed by atoms with van der Waals surface area (Å²) in [7, 11) is 0. The standard InChI is InChI=1S/C19H21N5O/c1-3-9-20-18(25)17-11-13(2)23-19(24-17)21-10-8-14-12-22-16-7-5-4-6-15(14)16/h3-7,11-12,22H,1,8-10H2,2H3,(H,20,25)(H,21,23,24). The fraction of sp³-hybridized carbons (Fsp3) is 0.211. The predicted molar refractivity (Wildman–Crippen MR) is 99.8 cm³/mol. The number of hydrogen-bond donors (Lipinski definition) is 3. The molecule has 0 saturated carbocycles. The minimum absolute atomic E-state index is 0.231. The van der Waals surface area contributed by atoms with E-state index in [1.54, 1.807) is 12.1 Å². The molecule has 2 heterocycles. The number of amides is 1. The first-order valence-corrected chi connectivity index (χ1v) is 8.21. The van der Waals surface area contributed by atoms with Gasteiger partial charge in [0.2, 0.25) is 5.95 Å². The molecule has 1 aromatic carbocycles. The van der Waals surface area contributed by atoms with Gasteiger partial charge < -0.3 is 15.6 Å². The number of carbonyl (C=O) groups is 1. The Morgan fingerprint density at radius 2 is 2.16 bits per heavy atom. The number of benzene rings is 1. The lowest BCUT2D eigenvalue weighted by Crippen LogP contribution is -2.25. The zero-order valence-corrected chi connectivity index (χ0v) is 14.2. The van der Waals surface area contributed by atoms with Gasteiger partial charge in [0, 0.05) is 35.9 Å². The molecule has 128 valence electrons. The quantitative estimate of drug-likeness (QED) is 0.580. The number of anilines is 1. The van der Waals surface area contributed by atoms with Crippen LogP contribution in [0.4, 0.5) is 5.95 Å². The fourth-order valence-corrected chi connectivity index (χ4v) is 2.67. The summed E-state index contributed by atoms with van der Waals surface area (Å²) in [5.74, 6) is 0.230. The summed E-state index contributed by atoms with van der Waals surface area (Å²) in [5.41, 5.74) is 3.46. The fourth-order valence-electron chi connectivity index (χ4n) is 2.67. The molecule has 0 aliphatic heterocycles. The lowest BCUT2D eigenvalue weighted by Gasteiger charge is -2.08. The summed E-state index contributed by atoms with van der Waals surface area (Å²) in [6, 6.07) is 9.88. The summed E-state index contributed by atoms with van der Waals surface area (Å²) in [6.45, 7) is 6.52. The van der Waals surface area contributed by atoms with Gasteiger partial charge in [-0.25, -0.2) is 9.97 Å². The number of nitrogens with one attached hydrogen (secondary N) is 3. The van der Waals surface area contributed by atoms with Crippen molar-refractivity contribution in [3.05, 3.63) is 66.1 Å². The van der Waals surface area contributed by atoms with Crippen LogP contribution in [-0.2, 0) is 6.42 Å². The van der Waals surface area contributed by atoms with Crippen LogP contribution in [0.15, 0.2) is 49.2 Å². The van der Waals surface area contributed by atoms with Crippen LogP contribution in [-0.4, -0.2) is 33.9 Å². The smallest absolute Gasteiger partial charge is 0.270 e. The molecule has 6 heteroatoms. The highest BCUT2D eigenvalue weighted by Gasteiger charge is 2.10. The first kappa shape index (κ1) is 16.7. The molecule has 0 aliphatic rings. The van der Waals surface area contributed by atoms with Gasteiger partial charge in [0.25, 0.3) is 5.91 Å². The highest BCUT2D eigenvalue weighted by molar-refractivity contribution is 5.92. The van der Waals surface area contributed by atoms with Gasteiger partial charge in [-0.3, -0.25) is 4.79 Å². The molecule has 0 bridgehead atoms. The Bertz CT molecular complexity index is 900. The molecule has 0 aliphatic carbocycles. The van der Waals surface area contributed by atoms with Gasteiger partial charge in [0.15, 0.2) is 0 Å². The summed E-state index contributed by atoms with van der Waals surface area (Å²) in [6.07, 6.45) is 4.49. The van der Waals surface area contributed by atoms with E-state index in [1.165, 1.54) is 10.9 Å². The van der Waals surface area contributed by atoms with Crippen molar-refractivity contribution in [3.63, 3.8) is 0 Å². The van der Waals surface area contributed by atoms with E-state index in [-0.39, 0.29) is 5.91 Å². The maximum atomic E-state index is 12.0. The molecule has 0 fully saturated rings. The molecule has 3 aromatic rings. The topological polar surface area (TPSA) is 82.7 Å². The van der Waals surface area contributed by atoms with Crippen molar-refractivity contribution in [2.75, 3.05) is 18.4 Å². The van der Waals surface area contributed by atoms with Gasteiger partial charge in [-0.05, 0) is 31.0 Å². The molecule has 1 amide bonds. The number of fused-ring (bicyclic) bond motifs is 1. The van der Waals surface area contributed by atoms with Crippen molar-refractivity contribution in [1.82, 2.24) is 20.3 Å². The van der Waals surface area contributed by atoms with Crippen LogP contribution in [0, 0.1) is 6.92 Å². The Hall–Kier alpha value is -3.15. The zero-order valence-electron chi connectivity index (χ0n) is 14.2. The van der Waals surface area contributed by atoms with Gasteiger partial charge in [0.05, 0.1) is 0 Å². The van der Waals surface area contributed by atoms with E-state index in [0.717, 1.165) is 17.6 Å². The minimum Gasteiger partial charge on any atom is -0.361 e. The molecule has 0 spiro atoms. The van der Waals surface area contributed by atoms with Crippen LogP contribution in [0.5, 0.6) is 0 Å². The second kappa shape index (κ2) is 7.61. The van der Waals surface area contributed by atoms with Gasteiger partial charge in [-0.15, -0.1) is 6.58 Å². The molecular formula is C19H21N5O. The first-order valence-electron chi connectivity index (χ1n) is 8.21. The summed E-state index contributed by atoms with van der Waals surface area (Å²) >= 11 is 0. The predicted octanol–water partition coefficient (Wildman–Crippen LogP) is 2.84. The van der Waals surface area contributed by atoms with Crippen LogP contribution in [0.2, 0.25) is 0 Å². The van der Waals surface area contributed by atoms with E-state index in [1.807, 2.05) is 25.3 Å². The molecular weight excluding hydrogens is 314 g/mol. The highest BCUT2D eigenvalue weighted by Crippen LogP contribution is 2.18. The van der Waals surface area contributed by atoms with Crippen LogP contribution < -0.4 is 10.6 Å². The second-order valence-electron chi connectivity index (χ2n) is 5.75. The number of H-pyrrole nitrogens is 1. The van der Waals surface area contributed by atoms with Crippen molar-refractivity contribution in [2.24, 2.45) is 0 Å². The van der Waals surface area contributed by atoms with Crippen LogP contribution in [0.3, 0.4) is 0 Å². The van der Waals surface area contributed by atoms with E-state index >= 15 is 0 Å². The van der Waals surface area contributed by atoms with Gasteiger partial charge in [-0.1, -0.05) is 24.3 Å². The number of nitrogens with zero attached hydrogens (tertiary/aromatic N) is 2. The number of carbonyl (C=O) groups excluding carboxylic acids is 1. The molecule has 6 nitrogen and oxygen atoms in total. The van der Waals surface area contributed by atoms with Gasteiger partial charge >= 0.3 is 0 Å². The van der Waals surface area contributed by atoms with Crippen LogP contribution in [0.25, 0.3) is 10.9 Å². The lowest BCUT2D eigenvalue weighted by molar-refractivity contribution is 0.0953. The number of aromatic nitrogens is 3. The maximum Gasteiger partial charge on any atom is 0.270 e. The van der Waals surface area contributed by atoms with Gasteiger partial charge in [0.1, 0.15) is 5.69 Å². The highest BCUT2D eigenvalue weighted by atomic mass is 16.1. The van der Waals surface area contributed by atoms with Gasteiger partial charge in [-0.2, -0.15) is 0 Å². The molecule has 3 N–H and O–H groups in total. The van der Waals surface area contributed by atoms with E-state index in [9.17, 15) is 4.79 Å². The summed E-state index contributed by atoms with van der Waals surface area (Å²) in [5, 5.41) is 7.15. The number of hydrogen-bond acceptors (Lipinski definition) is 4. The van der Waals surface area contributed by atoms with E-state index in [0.29, 0.717) is 24.7 Å². The number of aryl methyl sites for hydroxylation is 1. The molecule has 3 rings (SSSR count). The lowest BCUT2D eigenvalue weighted by atomic mass is 10.1. The second-order valence-corrected chi connectivity index (χ2v) is 5.75. The third-order valence-corrected chi connectivity index (χ3v) is 3.85. The number of rotatable bonds is 7. The third kappa shape index (κ3) is 4.03. The maximum absolute atomic E-state index is 12.0. The Balaban J connectivity index is 1.65. The van der Waals surface area contributed by atoms with Crippen molar-refractivity contribution >= 4 is 22.8 Å². The average Bonchev–Trinajstić information content (AvgIpc) is 3.02. The van der Waals surface area contributed by atoms with Crippen molar-refractivity contribution < 1.29 is 4.79 Å². The molecule has 25 heavy (non-hydrogen) atoms. The Morgan fingerprint density at radius 1 is 1.32 bits per heavy atom. The SMILES string of the molecule is C=CCNC(=O)c1cc(C)nc(NCCc2c[nH]c3ccccc23)n1. The van der Waals surface area contributed by atoms with Crippen LogP contribution in [0.1, 0.15) is 21.7 Å². The molecule has 0 unspecified atom stereocenters. The first-order chi connectivity index (χ1) is 12.2. The molecule has 0 radical (unpaired) electrons. The van der Waals surface area contributed by atoms with E-state index in [4.69, 9.17) is 0 Å². The van der Waals surface area contributed by atoms with E-state index < -0.39 is 0 Å². The van der Waals surface area contributed by atoms with Crippen molar-refractivity contribution in [1.29, 1.82) is 0 Å².